The van der Waals surface area contributed by atoms with E-state index in [2.05, 4.69) is 27.7 Å². The van der Waals surface area contributed by atoms with Crippen LogP contribution in [-0.4, -0.2) is 17.6 Å². The van der Waals surface area contributed by atoms with Crippen LogP contribution in [0.4, 0.5) is 0 Å². The Morgan fingerprint density at radius 3 is 2.42 bits per heavy atom. The Kier molecular flexibility index (Phi) is 4.13. The maximum Gasteiger partial charge on any atom is 0.309 e. The Morgan fingerprint density at radius 1 is 1.08 bits per heavy atom. The normalized spacial score (nSPS) is 53.2. The third-order valence-corrected chi connectivity index (χ3v) is 10.5. The largest absolute Gasteiger partial charge is 0.481 e. The van der Waals surface area contributed by atoms with E-state index in [1.165, 1.54) is 38.5 Å². The Labute approximate surface area is 159 Å². The van der Waals surface area contributed by atoms with Crippen molar-refractivity contribution in [2.45, 2.75) is 85.5 Å². The summed E-state index contributed by atoms with van der Waals surface area (Å²) in [7, 11) is 0. The van der Waals surface area contributed by atoms with Crippen molar-refractivity contribution in [3.63, 3.8) is 0 Å². The van der Waals surface area contributed by atoms with Gasteiger partial charge < -0.3 is 10.8 Å². The molecule has 0 aromatic heterocycles. The maximum atomic E-state index is 12.3. The van der Waals surface area contributed by atoms with Gasteiger partial charge in [0, 0.05) is 0 Å². The second-order valence-electron chi connectivity index (χ2n) is 11.3. The molecule has 0 heterocycles. The molecule has 0 saturated heterocycles. The number of rotatable bonds is 3. The molecule has 3 nitrogen and oxygen atoms in total. The van der Waals surface area contributed by atoms with Crippen LogP contribution >= 0.6 is 0 Å². The zero-order valence-electron chi connectivity index (χ0n) is 17.3. The fourth-order valence-electron chi connectivity index (χ4n) is 8.85. The minimum atomic E-state index is -0.556. The van der Waals surface area contributed by atoms with Gasteiger partial charge in [-0.1, -0.05) is 27.2 Å². The molecule has 0 aromatic carbocycles. The summed E-state index contributed by atoms with van der Waals surface area (Å²) in [5.41, 5.74) is 6.85. The highest BCUT2D eigenvalue weighted by Gasteiger charge is 2.69. The number of fused-ring (bicyclic) bond motifs is 3. The molecule has 2 bridgehead atoms. The smallest absolute Gasteiger partial charge is 0.309 e. The van der Waals surface area contributed by atoms with E-state index in [0.29, 0.717) is 34.5 Å². The van der Waals surface area contributed by atoms with Crippen molar-refractivity contribution >= 4 is 5.97 Å². The molecule has 0 amide bonds. The molecule has 0 aliphatic heterocycles. The lowest BCUT2D eigenvalue weighted by Gasteiger charge is -2.72. The van der Waals surface area contributed by atoms with Crippen LogP contribution in [0.3, 0.4) is 0 Å². The first-order chi connectivity index (χ1) is 12.1. The maximum absolute atomic E-state index is 12.3. The molecular weight excluding hydrogens is 322 g/mol. The molecule has 0 radical (unpaired) electrons. The van der Waals surface area contributed by atoms with E-state index in [9.17, 15) is 9.90 Å². The fraction of sp³-hybridized carbons (Fsp3) is 0.957. The molecule has 0 aromatic rings. The Bertz CT molecular complexity index is 603. The van der Waals surface area contributed by atoms with Gasteiger partial charge in [-0.2, -0.15) is 0 Å². The van der Waals surface area contributed by atoms with Crippen molar-refractivity contribution in [2.75, 3.05) is 6.54 Å². The molecule has 26 heavy (non-hydrogen) atoms. The van der Waals surface area contributed by atoms with Gasteiger partial charge in [-0.3, -0.25) is 4.79 Å². The van der Waals surface area contributed by atoms with Gasteiger partial charge in [0.1, 0.15) is 0 Å². The highest BCUT2D eigenvalue weighted by atomic mass is 16.4. The van der Waals surface area contributed by atoms with Crippen molar-refractivity contribution in [3.05, 3.63) is 0 Å². The van der Waals surface area contributed by atoms with E-state index in [1.54, 1.807) is 0 Å². The number of hydrogen-bond donors (Lipinski definition) is 2. The number of carbonyl (C=O) groups is 1. The number of carboxylic acids is 1. The summed E-state index contributed by atoms with van der Waals surface area (Å²) in [6.45, 7) is 10.2. The minimum Gasteiger partial charge on any atom is -0.481 e. The van der Waals surface area contributed by atoms with Crippen molar-refractivity contribution in [1.29, 1.82) is 0 Å². The zero-order valence-corrected chi connectivity index (χ0v) is 17.3. The fourth-order valence-corrected chi connectivity index (χ4v) is 8.85. The monoisotopic (exact) mass is 361 g/mol. The Morgan fingerprint density at radius 2 is 1.81 bits per heavy atom. The van der Waals surface area contributed by atoms with Gasteiger partial charge in [-0.15, -0.1) is 0 Å². The standard InChI is InChI=1S/C23H39NO2/c1-15(2)22-10-11-23(16(12-22)14-24)9-6-17-20(3,18(23)13-22)7-5-8-21(17,4)19(25)26/h15-18H,5-14,24H2,1-4H3,(H,25,26)/t16-,17+,18+,20-,21+,22+,23+/m1/s1. The van der Waals surface area contributed by atoms with E-state index >= 15 is 0 Å². The van der Waals surface area contributed by atoms with E-state index in [4.69, 9.17) is 5.73 Å². The minimum absolute atomic E-state index is 0.179. The lowest BCUT2D eigenvalue weighted by molar-refractivity contribution is -0.235. The first-order valence-electron chi connectivity index (χ1n) is 11.1. The first kappa shape index (κ1) is 18.8. The molecule has 5 aliphatic carbocycles. The third-order valence-electron chi connectivity index (χ3n) is 10.5. The second-order valence-corrected chi connectivity index (χ2v) is 11.3. The van der Waals surface area contributed by atoms with Crippen LogP contribution in [0.1, 0.15) is 85.5 Å². The summed E-state index contributed by atoms with van der Waals surface area (Å²) < 4.78 is 0. The van der Waals surface area contributed by atoms with E-state index < -0.39 is 11.4 Å². The second kappa shape index (κ2) is 5.72. The zero-order chi connectivity index (χ0) is 19.0. The molecule has 5 aliphatic rings. The number of nitrogens with two attached hydrogens (primary N) is 1. The first-order valence-corrected chi connectivity index (χ1v) is 11.1. The van der Waals surface area contributed by atoms with Gasteiger partial charge in [0.05, 0.1) is 5.41 Å². The van der Waals surface area contributed by atoms with Crippen LogP contribution in [0.15, 0.2) is 0 Å². The summed E-state index contributed by atoms with van der Waals surface area (Å²) in [5, 5.41) is 10.1. The highest BCUT2D eigenvalue weighted by Crippen LogP contribution is 2.75. The Balaban J connectivity index is 1.79. The summed E-state index contributed by atoms with van der Waals surface area (Å²) in [6.07, 6.45) is 10.8. The molecule has 3 N–H and O–H groups in total. The summed E-state index contributed by atoms with van der Waals surface area (Å²) in [6, 6.07) is 0. The SMILES string of the molecule is CC(C)[C@]12CC[C@@]3(CC[C@H]4[C@@](C)(CCC[C@]4(C)C(=O)O)[C@@H]3C1)[C@@H](CN)C2. The van der Waals surface area contributed by atoms with E-state index in [1.807, 2.05) is 0 Å². The molecule has 3 heteroatoms. The molecule has 148 valence electrons. The van der Waals surface area contributed by atoms with Gasteiger partial charge in [-0.05, 0) is 105 Å². The van der Waals surface area contributed by atoms with Crippen molar-refractivity contribution in [2.24, 2.45) is 51.1 Å². The molecule has 5 rings (SSSR count). The molecular formula is C23H39NO2. The summed E-state index contributed by atoms with van der Waals surface area (Å²) >= 11 is 0. The van der Waals surface area contributed by atoms with Crippen molar-refractivity contribution in [1.82, 2.24) is 0 Å². The lowest BCUT2D eigenvalue weighted by Crippen LogP contribution is -2.66. The van der Waals surface area contributed by atoms with Crippen LogP contribution in [-0.2, 0) is 4.79 Å². The van der Waals surface area contributed by atoms with Gasteiger partial charge in [0.2, 0.25) is 0 Å². The third kappa shape index (κ3) is 2.13. The van der Waals surface area contributed by atoms with Crippen LogP contribution in [0, 0.1) is 45.3 Å². The quantitative estimate of drug-likeness (QED) is 0.736. The molecule has 0 unspecified atom stereocenters. The Hall–Kier alpha value is -0.570. The number of aliphatic carboxylic acids is 1. The molecule has 1 spiro atoms. The van der Waals surface area contributed by atoms with Crippen LogP contribution in [0.2, 0.25) is 0 Å². The summed E-state index contributed by atoms with van der Waals surface area (Å²) in [4.78, 5) is 12.3. The predicted molar refractivity (Wildman–Crippen MR) is 105 cm³/mol. The van der Waals surface area contributed by atoms with Crippen LogP contribution in [0.5, 0.6) is 0 Å². The lowest BCUT2D eigenvalue weighted by atomic mass is 9.32. The average Bonchev–Trinajstić information content (AvgIpc) is 2.61. The topological polar surface area (TPSA) is 63.3 Å². The van der Waals surface area contributed by atoms with Crippen LogP contribution in [0.25, 0.3) is 0 Å². The number of hydrogen-bond acceptors (Lipinski definition) is 2. The van der Waals surface area contributed by atoms with E-state index in [0.717, 1.165) is 25.8 Å². The van der Waals surface area contributed by atoms with Gasteiger partial charge >= 0.3 is 5.97 Å². The van der Waals surface area contributed by atoms with E-state index in [-0.39, 0.29) is 5.41 Å². The van der Waals surface area contributed by atoms with Crippen molar-refractivity contribution < 1.29 is 9.90 Å². The number of carboxylic acid groups (broad SMARTS) is 1. The molecule has 7 atom stereocenters. The van der Waals surface area contributed by atoms with Gasteiger partial charge in [-0.25, -0.2) is 0 Å². The molecule has 5 saturated carbocycles. The van der Waals surface area contributed by atoms with Crippen molar-refractivity contribution in [3.8, 4) is 0 Å². The van der Waals surface area contributed by atoms with Crippen LogP contribution < -0.4 is 5.73 Å². The van der Waals surface area contributed by atoms with Gasteiger partial charge in [0.25, 0.3) is 0 Å². The van der Waals surface area contributed by atoms with Gasteiger partial charge in [0.15, 0.2) is 0 Å². The summed E-state index contributed by atoms with van der Waals surface area (Å²) in [5.74, 6) is 1.80. The molecule has 5 fully saturated rings. The average molecular weight is 362 g/mol. The predicted octanol–water partition coefficient (Wildman–Crippen LogP) is 5.09. The highest BCUT2D eigenvalue weighted by molar-refractivity contribution is 5.75.